The normalized spacial score (nSPS) is 11.0. The van der Waals surface area contributed by atoms with Crippen LogP contribution in [0.3, 0.4) is 0 Å². The maximum Gasteiger partial charge on any atom is 0.259 e. The molecule has 3 aromatic rings. The van der Waals surface area contributed by atoms with Crippen molar-refractivity contribution in [3.8, 4) is 0 Å². The van der Waals surface area contributed by atoms with Gasteiger partial charge in [0.15, 0.2) is 0 Å². The minimum absolute atomic E-state index is 0.151. The number of hydrogen-bond acceptors (Lipinski definition) is 3. The van der Waals surface area contributed by atoms with Crippen LogP contribution in [0.5, 0.6) is 0 Å². The summed E-state index contributed by atoms with van der Waals surface area (Å²) in [6, 6.07) is 7.68. The first-order valence-electron chi connectivity index (χ1n) is 8.95. The summed E-state index contributed by atoms with van der Waals surface area (Å²) >= 11 is 5.95. The van der Waals surface area contributed by atoms with Crippen molar-refractivity contribution in [2.75, 3.05) is 5.32 Å². The molecule has 0 aliphatic heterocycles. The van der Waals surface area contributed by atoms with E-state index >= 15 is 0 Å². The largest absolute Gasteiger partial charge is 0.319 e. The molecule has 27 heavy (non-hydrogen) atoms. The number of carbonyl (C=O) groups excluding carboxylic acids is 1. The lowest BCUT2D eigenvalue weighted by molar-refractivity contribution is 0.102. The fourth-order valence-corrected chi connectivity index (χ4v) is 3.43. The minimum Gasteiger partial charge on any atom is -0.319 e. The van der Waals surface area contributed by atoms with E-state index in [9.17, 15) is 4.79 Å². The van der Waals surface area contributed by atoms with Gasteiger partial charge in [-0.25, -0.2) is 0 Å². The summed E-state index contributed by atoms with van der Waals surface area (Å²) in [6.45, 7) is 11.0. The highest BCUT2D eigenvalue weighted by Crippen LogP contribution is 2.23. The van der Waals surface area contributed by atoms with Crippen molar-refractivity contribution in [2.45, 2.75) is 47.7 Å². The minimum atomic E-state index is -0.151. The standard InChI is InChI=1S/C20H24ClN5O/c1-6-25-14(4)18(12(2)23-25)20(27)22-19-13(3)24-26(15(19)5)11-16-7-9-17(21)10-8-16/h7-10H,6,11H2,1-5H3,(H,22,27). The molecule has 0 aliphatic carbocycles. The number of halogens is 1. The van der Waals surface area contributed by atoms with Crippen LogP contribution < -0.4 is 5.32 Å². The smallest absolute Gasteiger partial charge is 0.259 e. The molecule has 0 radical (unpaired) electrons. The number of benzene rings is 1. The number of hydrogen-bond donors (Lipinski definition) is 1. The fraction of sp³-hybridized carbons (Fsp3) is 0.350. The van der Waals surface area contributed by atoms with E-state index in [0.29, 0.717) is 17.1 Å². The molecular weight excluding hydrogens is 362 g/mol. The van der Waals surface area contributed by atoms with E-state index in [-0.39, 0.29) is 5.91 Å². The summed E-state index contributed by atoms with van der Waals surface area (Å²) in [5.41, 5.74) is 5.77. The Kier molecular flexibility index (Phi) is 5.37. The molecule has 2 aromatic heterocycles. The molecule has 0 saturated heterocycles. The van der Waals surface area contributed by atoms with Gasteiger partial charge in [-0.2, -0.15) is 10.2 Å². The molecule has 2 heterocycles. The van der Waals surface area contributed by atoms with Crippen molar-refractivity contribution in [1.29, 1.82) is 0 Å². The predicted molar refractivity (Wildman–Crippen MR) is 108 cm³/mol. The summed E-state index contributed by atoms with van der Waals surface area (Å²) < 4.78 is 3.73. The van der Waals surface area contributed by atoms with Crippen molar-refractivity contribution in [2.24, 2.45) is 0 Å². The van der Waals surface area contributed by atoms with Gasteiger partial charge in [-0.15, -0.1) is 0 Å². The van der Waals surface area contributed by atoms with Crippen LogP contribution in [0.2, 0.25) is 5.02 Å². The third-order valence-electron chi connectivity index (χ3n) is 4.77. The van der Waals surface area contributed by atoms with Gasteiger partial charge in [-0.1, -0.05) is 23.7 Å². The number of anilines is 1. The Morgan fingerprint density at radius 3 is 2.22 bits per heavy atom. The Bertz CT molecular complexity index is 985. The highest BCUT2D eigenvalue weighted by Gasteiger charge is 2.21. The summed E-state index contributed by atoms with van der Waals surface area (Å²) in [4.78, 5) is 12.9. The SMILES string of the molecule is CCn1nc(C)c(C(=O)Nc2c(C)nn(Cc3ccc(Cl)cc3)c2C)c1C. The maximum atomic E-state index is 12.9. The van der Waals surface area contributed by atoms with Gasteiger partial charge in [-0.3, -0.25) is 14.2 Å². The van der Waals surface area contributed by atoms with Crippen LogP contribution in [0.15, 0.2) is 24.3 Å². The van der Waals surface area contributed by atoms with E-state index in [0.717, 1.165) is 40.6 Å². The molecule has 0 spiro atoms. The molecule has 0 bridgehead atoms. The van der Waals surface area contributed by atoms with Crippen LogP contribution in [-0.4, -0.2) is 25.5 Å². The molecule has 7 heteroatoms. The summed E-state index contributed by atoms with van der Waals surface area (Å²) in [5.74, 6) is -0.151. The average Bonchev–Trinajstić information content (AvgIpc) is 3.06. The number of rotatable bonds is 5. The molecule has 1 aromatic carbocycles. The Hall–Kier alpha value is -2.60. The van der Waals surface area contributed by atoms with Gasteiger partial charge < -0.3 is 5.32 Å². The van der Waals surface area contributed by atoms with Gasteiger partial charge in [0.1, 0.15) is 0 Å². The van der Waals surface area contributed by atoms with Crippen LogP contribution in [0.25, 0.3) is 0 Å². The quantitative estimate of drug-likeness (QED) is 0.712. The zero-order chi connectivity index (χ0) is 19.7. The predicted octanol–water partition coefficient (Wildman–Crippen LogP) is 4.29. The maximum absolute atomic E-state index is 12.9. The van der Waals surface area contributed by atoms with Crippen LogP contribution >= 0.6 is 11.6 Å². The van der Waals surface area contributed by atoms with Crippen LogP contribution in [-0.2, 0) is 13.1 Å². The number of aromatic nitrogens is 4. The highest BCUT2D eigenvalue weighted by atomic mass is 35.5. The summed E-state index contributed by atoms with van der Waals surface area (Å²) in [6.07, 6.45) is 0. The molecular formula is C20H24ClN5O. The van der Waals surface area contributed by atoms with Gasteiger partial charge in [0.05, 0.1) is 34.9 Å². The van der Waals surface area contributed by atoms with E-state index < -0.39 is 0 Å². The van der Waals surface area contributed by atoms with Crippen molar-refractivity contribution in [1.82, 2.24) is 19.6 Å². The first-order chi connectivity index (χ1) is 12.8. The van der Waals surface area contributed by atoms with Crippen molar-refractivity contribution in [3.63, 3.8) is 0 Å². The topological polar surface area (TPSA) is 64.7 Å². The number of nitrogens with one attached hydrogen (secondary N) is 1. The second-order valence-corrected chi connectivity index (χ2v) is 7.08. The van der Waals surface area contributed by atoms with Crippen LogP contribution in [0.4, 0.5) is 5.69 Å². The van der Waals surface area contributed by atoms with E-state index in [4.69, 9.17) is 11.6 Å². The average molecular weight is 386 g/mol. The van der Waals surface area contributed by atoms with Gasteiger partial charge in [0.25, 0.3) is 5.91 Å². The van der Waals surface area contributed by atoms with Gasteiger partial charge in [0, 0.05) is 17.3 Å². The lowest BCUT2D eigenvalue weighted by Crippen LogP contribution is -2.15. The van der Waals surface area contributed by atoms with E-state index in [1.807, 2.05) is 68.2 Å². The van der Waals surface area contributed by atoms with E-state index in [1.54, 1.807) is 0 Å². The zero-order valence-electron chi connectivity index (χ0n) is 16.3. The van der Waals surface area contributed by atoms with Gasteiger partial charge in [-0.05, 0) is 52.3 Å². The second-order valence-electron chi connectivity index (χ2n) is 6.65. The van der Waals surface area contributed by atoms with Crippen LogP contribution in [0, 0.1) is 27.7 Å². The van der Waals surface area contributed by atoms with Crippen molar-refractivity contribution in [3.05, 3.63) is 63.2 Å². The van der Waals surface area contributed by atoms with Crippen LogP contribution in [0.1, 0.15) is 45.6 Å². The molecule has 0 aliphatic rings. The Morgan fingerprint density at radius 2 is 1.63 bits per heavy atom. The molecule has 3 rings (SSSR count). The first kappa shape index (κ1) is 19.2. The fourth-order valence-electron chi connectivity index (χ4n) is 3.30. The third kappa shape index (κ3) is 3.76. The Morgan fingerprint density at radius 1 is 1.00 bits per heavy atom. The van der Waals surface area contributed by atoms with E-state index in [1.165, 1.54) is 0 Å². The van der Waals surface area contributed by atoms with Crippen molar-refractivity contribution < 1.29 is 4.79 Å². The molecule has 142 valence electrons. The molecule has 0 saturated carbocycles. The molecule has 0 atom stereocenters. The number of carbonyl (C=O) groups is 1. The third-order valence-corrected chi connectivity index (χ3v) is 5.03. The monoisotopic (exact) mass is 385 g/mol. The highest BCUT2D eigenvalue weighted by molar-refractivity contribution is 6.30. The number of amides is 1. The molecule has 0 fully saturated rings. The lowest BCUT2D eigenvalue weighted by atomic mass is 10.1. The van der Waals surface area contributed by atoms with Crippen molar-refractivity contribution >= 4 is 23.2 Å². The molecule has 6 nitrogen and oxygen atoms in total. The molecule has 1 amide bonds. The zero-order valence-corrected chi connectivity index (χ0v) is 17.1. The van der Waals surface area contributed by atoms with E-state index in [2.05, 4.69) is 15.5 Å². The second kappa shape index (κ2) is 7.56. The number of aryl methyl sites for hydroxylation is 3. The Labute approximate surface area is 164 Å². The summed E-state index contributed by atoms with van der Waals surface area (Å²) in [5, 5.41) is 12.8. The summed E-state index contributed by atoms with van der Waals surface area (Å²) in [7, 11) is 0. The van der Waals surface area contributed by atoms with Gasteiger partial charge >= 0.3 is 0 Å². The van der Waals surface area contributed by atoms with Gasteiger partial charge in [0.2, 0.25) is 0 Å². The molecule has 1 N–H and O–H groups in total. The first-order valence-corrected chi connectivity index (χ1v) is 9.33. The number of nitrogens with zero attached hydrogens (tertiary/aromatic N) is 4. The Balaban J connectivity index is 1.85. The molecule has 0 unspecified atom stereocenters. The lowest BCUT2D eigenvalue weighted by Gasteiger charge is -2.08.